The Morgan fingerprint density at radius 2 is 1.86 bits per heavy atom. The SMILES string of the molecule is CN=C(NCCc1ccc(F)cc1C)NCc1ccc(N2CCSCC2)cc1. The number of halogens is 1. The normalized spacial score (nSPS) is 14.8. The first-order valence-electron chi connectivity index (χ1n) is 9.77. The minimum atomic E-state index is -0.183. The Kier molecular flexibility index (Phi) is 7.60. The molecule has 0 bridgehead atoms. The van der Waals surface area contributed by atoms with Crippen LogP contribution in [0.4, 0.5) is 10.1 Å². The molecule has 1 fully saturated rings. The summed E-state index contributed by atoms with van der Waals surface area (Å²) in [6.45, 7) is 5.68. The van der Waals surface area contributed by atoms with Gasteiger partial charge in [0, 0.05) is 50.4 Å². The molecule has 0 atom stereocenters. The number of anilines is 1. The van der Waals surface area contributed by atoms with Gasteiger partial charge in [0.15, 0.2) is 5.96 Å². The molecule has 0 unspecified atom stereocenters. The van der Waals surface area contributed by atoms with Crippen LogP contribution in [0.5, 0.6) is 0 Å². The zero-order valence-corrected chi connectivity index (χ0v) is 17.5. The summed E-state index contributed by atoms with van der Waals surface area (Å²) in [6.07, 6.45) is 0.829. The number of rotatable bonds is 6. The monoisotopic (exact) mass is 400 g/mol. The van der Waals surface area contributed by atoms with Crippen molar-refractivity contribution in [3.63, 3.8) is 0 Å². The van der Waals surface area contributed by atoms with Gasteiger partial charge in [-0.15, -0.1) is 0 Å². The van der Waals surface area contributed by atoms with E-state index in [1.54, 1.807) is 13.1 Å². The molecule has 2 aromatic rings. The van der Waals surface area contributed by atoms with Gasteiger partial charge in [0.25, 0.3) is 0 Å². The Morgan fingerprint density at radius 1 is 1.11 bits per heavy atom. The number of aryl methyl sites for hydroxylation is 1. The molecule has 6 heteroatoms. The van der Waals surface area contributed by atoms with E-state index in [-0.39, 0.29) is 5.82 Å². The lowest BCUT2D eigenvalue weighted by atomic mass is 10.1. The van der Waals surface area contributed by atoms with E-state index in [0.29, 0.717) is 0 Å². The summed E-state index contributed by atoms with van der Waals surface area (Å²) < 4.78 is 13.2. The number of thioether (sulfide) groups is 1. The summed E-state index contributed by atoms with van der Waals surface area (Å²) in [5, 5.41) is 6.68. The molecule has 0 aliphatic carbocycles. The van der Waals surface area contributed by atoms with Crippen molar-refractivity contribution in [2.45, 2.75) is 19.9 Å². The smallest absolute Gasteiger partial charge is 0.191 e. The summed E-state index contributed by atoms with van der Waals surface area (Å²) >= 11 is 2.03. The third kappa shape index (κ3) is 5.89. The fourth-order valence-electron chi connectivity index (χ4n) is 3.31. The number of aliphatic imine (C=N–C) groups is 1. The molecule has 3 rings (SSSR count). The maximum atomic E-state index is 13.2. The second-order valence-electron chi connectivity index (χ2n) is 6.94. The van der Waals surface area contributed by atoms with Crippen LogP contribution in [0.15, 0.2) is 47.5 Å². The Bertz CT molecular complexity index is 786. The molecule has 1 aliphatic heterocycles. The summed E-state index contributed by atoms with van der Waals surface area (Å²) in [4.78, 5) is 6.74. The third-order valence-corrected chi connectivity index (χ3v) is 5.93. The molecule has 1 aliphatic rings. The minimum Gasteiger partial charge on any atom is -0.370 e. The molecule has 0 spiro atoms. The second-order valence-corrected chi connectivity index (χ2v) is 8.16. The van der Waals surface area contributed by atoms with E-state index in [4.69, 9.17) is 0 Å². The van der Waals surface area contributed by atoms with Crippen LogP contribution in [0.25, 0.3) is 0 Å². The number of hydrogen-bond donors (Lipinski definition) is 2. The Labute approximate surface area is 171 Å². The van der Waals surface area contributed by atoms with Gasteiger partial charge in [-0.2, -0.15) is 11.8 Å². The summed E-state index contributed by atoms with van der Waals surface area (Å²) in [5.41, 5.74) is 4.67. The first-order chi connectivity index (χ1) is 13.7. The first-order valence-corrected chi connectivity index (χ1v) is 10.9. The van der Waals surface area contributed by atoms with E-state index in [9.17, 15) is 4.39 Å². The van der Waals surface area contributed by atoms with Crippen molar-refractivity contribution >= 4 is 23.4 Å². The predicted octanol–water partition coefficient (Wildman–Crippen LogP) is 3.60. The quantitative estimate of drug-likeness (QED) is 0.574. The molecule has 0 radical (unpaired) electrons. The highest BCUT2D eigenvalue weighted by Crippen LogP contribution is 2.19. The van der Waals surface area contributed by atoms with Crippen LogP contribution in [0.2, 0.25) is 0 Å². The molecule has 1 heterocycles. The molecule has 2 N–H and O–H groups in total. The lowest BCUT2D eigenvalue weighted by Gasteiger charge is -2.28. The van der Waals surface area contributed by atoms with Crippen molar-refractivity contribution in [1.29, 1.82) is 0 Å². The zero-order chi connectivity index (χ0) is 19.8. The van der Waals surface area contributed by atoms with Crippen molar-refractivity contribution < 1.29 is 4.39 Å². The van der Waals surface area contributed by atoms with Crippen molar-refractivity contribution in [2.24, 2.45) is 4.99 Å². The summed E-state index contributed by atoms with van der Waals surface area (Å²) in [7, 11) is 1.77. The van der Waals surface area contributed by atoms with Crippen LogP contribution in [-0.2, 0) is 13.0 Å². The van der Waals surface area contributed by atoms with Gasteiger partial charge in [0.2, 0.25) is 0 Å². The van der Waals surface area contributed by atoms with Crippen molar-refractivity contribution in [1.82, 2.24) is 10.6 Å². The molecular formula is C22H29FN4S. The van der Waals surface area contributed by atoms with E-state index in [1.165, 1.54) is 28.8 Å². The molecule has 0 amide bonds. The Balaban J connectivity index is 1.44. The van der Waals surface area contributed by atoms with E-state index in [0.717, 1.165) is 49.7 Å². The van der Waals surface area contributed by atoms with Crippen LogP contribution in [0.1, 0.15) is 16.7 Å². The van der Waals surface area contributed by atoms with Gasteiger partial charge in [-0.25, -0.2) is 4.39 Å². The third-order valence-electron chi connectivity index (χ3n) is 4.99. The molecule has 28 heavy (non-hydrogen) atoms. The molecule has 150 valence electrons. The number of guanidine groups is 1. The summed E-state index contributed by atoms with van der Waals surface area (Å²) in [5.74, 6) is 3.01. The molecule has 0 aromatic heterocycles. The number of nitrogens with zero attached hydrogens (tertiary/aromatic N) is 2. The van der Waals surface area contributed by atoms with Gasteiger partial charge in [0.1, 0.15) is 5.82 Å². The average molecular weight is 401 g/mol. The fourth-order valence-corrected chi connectivity index (χ4v) is 4.21. The maximum Gasteiger partial charge on any atom is 0.191 e. The largest absolute Gasteiger partial charge is 0.370 e. The highest BCUT2D eigenvalue weighted by Gasteiger charge is 2.10. The topological polar surface area (TPSA) is 39.7 Å². The average Bonchev–Trinajstić information content (AvgIpc) is 2.73. The lowest BCUT2D eigenvalue weighted by molar-refractivity contribution is 0.625. The molecule has 4 nitrogen and oxygen atoms in total. The van der Waals surface area contributed by atoms with Gasteiger partial charge in [-0.3, -0.25) is 4.99 Å². The fraction of sp³-hybridized carbons (Fsp3) is 0.409. The van der Waals surface area contributed by atoms with Crippen molar-refractivity contribution in [2.75, 3.05) is 43.1 Å². The predicted molar refractivity (Wildman–Crippen MR) is 119 cm³/mol. The molecular weight excluding hydrogens is 371 g/mol. The van der Waals surface area contributed by atoms with Crippen LogP contribution in [-0.4, -0.2) is 44.1 Å². The Morgan fingerprint density at radius 3 is 2.54 bits per heavy atom. The number of benzene rings is 2. The molecule has 2 aromatic carbocycles. The zero-order valence-electron chi connectivity index (χ0n) is 16.7. The van der Waals surface area contributed by atoms with Crippen molar-refractivity contribution in [3.8, 4) is 0 Å². The summed E-state index contributed by atoms with van der Waals surface area (Å²) in [6, 6.07) is 13.7. The van der Waals surface area contributed by atoms with Crippen molar-refractivity contribution in [3.05, 3.63) is 65.0 Å². The number of nitrogens with one attached hydrogen (secondary N) is 2. The maximum absolute atomic E-state index is 13.2. The standard InChI is InChI=1S/C22H29FN4S/c1-17-15-20(23)6-5-19(17)9-10-25-22(24-2)26-16-18-3-7-21(8-4-18)27-11-13-28-14-12-27/h3-8,15H,9-14,16H2,1-2H3,(H2,24,25,26). The van der Waals surface area contributed by atoms with Crippen LogP contribution in [0.3, 0.4) is 0 Å². The second kappa shape index (κ2) is 10.4. The van der Waals surface area contributed by atoms with E-state index in [1.807, 2.05) is 24.8 Å². The van der Waals surface area contributed by atoms with Gasteiger partial charge in [-0.1, -0.05) is 18.2 Å². The highest BCUT2D eigenvalue weighted by atomic mass is 32.2. The van der Waals surface area contributed by atoms with E-state index < -0.39 is 0 Å². The van der Waals surface area contributed by atoms with Crippen LogP contribution >= 0.6 is 11.8 Å². The molecule has 0 saturated carbocycles. The minimum absolute atomic E-state index is 0.183. The first kappa shape index (κ1) is 20.5. The van der Waals surface area contributed by atoms with Gasteiger partial charge < -0.3 is 15.5 Å². The van der Waals surface area contributed by atoms with Crippen LogP contribution < -0.4 is 15.5 Å². The highest BCUT2D eigenvalue weighted by molar-refractivity contribution is 7.99. The van der Waals surface area contributed by atoms with Gasteiger partial charge in [0.05, 0.1) is 0 Å². The molecule has 1 saturated heterocycles. The van der Waals surface area contributed by atoms with Crippen LogP contribution in [0, 0.1) is 12.7 Å². The van der Waals surface area contributed by atoms with Gasteiger partial charge >= 0.3 is 0 Å². The van der Waals surface area contributed by atoms with Gasteiger partial charge in [-0.05, 0) is 54.3 Å². The van der Waals surface area contributed by atoms with E-state index >= 15 is 0 Å². The lowest BCUT2D eigenvalue weighted by Crippen LogP contribution is -2.38. The number of hydrogen-bond acceptors (Lipinski definition) is 3. The van der Waals surface area contributed by atoms with E-state index in [2.05, 4.69) is 44.8 Å². The Hall–Kier alpha value is -2.21.